The molecule has 4 heterocycles. The molecule has 0 atom stereocenters. The molecule has 0 spiro atoms. The number of carbonyl (C=O) groups is 1. The lowest BCUT2D eigenvalue weighted by atomic mass is 10.1. The first-order chi connectivity index (χ1) is 17.7. The second kappa shape index (κ2) is 11.5. The molecular formula is C28H38N6O2. The monoisotopic (exact) mass is 490 g/mol. The number of unbranched alkanes of at least 4 members (excludes halogenated alkanes) is 3. The molecule has 1 saturated carbocycles. The average molecular weight is 491 g/mol. The van der Waals surface area contributed by atoms with Crippen LogP contribution in [0.4, 0.5) is 0 Å². The zero-order valence-corrected chi connectivity index (χ0v) is 21.7. The Morgan fingerprint density at radius 2 is 1.97 bits per heavy atom. The van der Waals surface area contributed by atoms with Crippen molar-refractivity contribution in [3.8, 4) is 5.82 Å². The maximum Gasteiger partial charge on any atom is 0.254 e. The number of rotatable bonds is 11. The molecular weight excluding hydrogens is 452 g/mol. The van der Waals surface area contributed by atoms with Gasteiger partial charge in [0.2, 0.25) is 0 Å². The lowest BCUT2D eigenvalue weighted by molar-refractivity contribution is 0.0324. The third-order valence-electron chi connectivity index (χ3n) is 7.28. The molecule has 0 N–H and O–H groups in total. The first kappa shape index (κ1) is 24.8. The van der Waals surface area contributed by atoms with Crippen LogP contribution in [0.2, 0.25) is 0 Å². The maximum absolute atomic E-state index is 14.2. The van der Waals surface area contributed by atoms with Gasteiger partial charge in [-0.1, -0.05) is 32.3 Å². The summed E-state index contributed by atoms with van der Waals surface area (Å²) in [4.78, 5) is 28.2. The molecule has 3 aromatic heterocycles. The molecule has 0 bridgehead atoms. The van der Waals surface area contributed by atoms with E-state index in [0.717, 1.165) is 105 Å². The smallest absolute Gasteiger partial charge is 0.254 e. The van der Waals surface area contributed by atoms with Gasteiger partial charge < -0.3 is 9.64 Å². The van der Waals surface area contributed by atoms with E-state index in [-0.39, 0.29) is 5.91 Å². The van der Waals surface area contributed by atoms with Crippen LogP contribution in [0, 0.1) is 6.92 Å². The third kappa shape index (κ3) is 5.60. The van der Waals surface area contributed by atoms with Crippen LogP contribution in [-0.2, 0) is 4.74 Å². The van der Waals surface area contributed by atoms with E-state index in [9.17, 15) is 4.79 Å². The summed E-state index contributed by atoms with van der Waals surface area (Å²) in [6.45, 7) is 9.96. The van der Waals surface area contributed by atoms with E-state index < -0.39 is 0 Å². The van der Waals surface area contributed by atoms with Crippen LogP contribution >= 0.6 is 0 Å². The molecule has 1 amide bonds. The molecule has 3 aromatic rings. The molecule has 1 aliphatic carbocycles. The van der Waals surface area contributed by atoms with Gasteiger partial charge in [0.25, 0.3) is 5.91 Å². The van der Waals surface area contributed by atoms with Crippen LogP contribution in [0.15, 0.2) is 30.5 Å². The largest absolute Gasteiger partial charge is 0.379 e. The average Bonchev–Trinajstić information content (AvgIpc) is 3.72. The number of carbonyl (C=O) groups excluding carboxylic acids is 1. The van der Waals surface area contributed by atoms with Crippen LogP contribution in [0.3, 0.4) is 0 Å². The predicted molar refractivity (Wildman–Crippen MR) is 141 cm³/mol. The van der Waals surface area contributed by atoms with Gasteiger partial charge in [-0.05, 0) is 44.4 Å². The van der Waals surface area contributed by atoms with Crippen LogP contribution in [0.25, 0.3) is 16.9 Å². The fraction of sp³-hybridized carbons (Fsp3) is 0.571. The van der Waals surface area contributed by atoms with Crippen LogP contribution < -0.4 is 0 Å². The van der Waals surface area contributed by atoms with Crippen molar-refractivity contribution in [1.82, 2.24) is 29.5 Å². The van der Waals surface area contributed by atoms with Gasteiger partial charge in [-0.15, -0.1) is 0 Å². The van der Waals surface area contributed by atoms with Crippen LogP contribution in [-0.4, -0.2) is 81.4 Å². The minimum atomic E-state index is 0.0951. The molecule has 8 heteroatoms. The molecule has 1 saturated heterocycles. The molecule has 36 heavy (non-hydrogen) atoms. The maximum atomic E-state index is 14.2. The lowest BCUT2D eigenvalue weighted by Gasteiger charge is -2.30. The number of pyridine rings is 2. The molecule has 192 valence electrons. The number of hydrogen-bond donors (Lipinski definition) is 0. The highest BCUT2D eigenvalue weighted by Crippen LogP contribution is 2.41. The lowest BCUT2D eigenvalue weighted by Crippen LogP contribution is -2.43. The van der Waals surface area contributed by atoms with Gasteiger partial charge >= 0.3 is 0 Å². The van der Waals surface area contributed by atoms with Gasteiger partial charge in [0.05, 0.1) is 29.9 Å². The predicted octanol–water partition coefficient (Wildman–Crippen LogP) is 4.36. The number of aryl methyl sites for hydroxylation is 1. The van der Waals surface area contributed by atoms with Crippen molar-refractivity contribution in [3.63, 3.8) is 0 Å². The third-order valence-corrected chi connectivity index (χ3v) is 7.28. The Kier molecular flexibility index (Phi) is 7.92. The normalized spacial score (nSPS) is 16.5. The van der Waals surface area contributed by atoms with Crippen LogP contribution in [0.5, 0.6) is 0 Å². The number of hydrogen-bond acceptors (Lipinski definition) is 6. The summed E-state index contributed by atoms with van der Waals surface area (Å²) in [5.74, 6) is 1.25. The molecule has 5 rings (SSSR count). The molecule has 8 nitrogen and oxygen atoms in total. The number of aromatic nitrogens is 4. The Balaban J connectivity index is 1.49. The van der Waals surface area contributed by atoms with E-state index in [0.29, 0.717) is 5.92 Å². The highest BCUT2D eigenvalue weighted by molar-refractivity contribution is 6.06. The fourth-order valence-corrected chi connectivity index (χ4v) is 5.01. The van der Waals surface area contributed by atoms with Crippen molar-refractivity contribution in [1.29, 1.82) is 0 Å². The number of fused-ring (bicyclic) bond motifs is 1. The Bertz CT molecular complexity index is 1170. The number of amides is 1. The van der Waals surface area contributed by atoms with Crippen molar-refractivity contribution in [2.75, 3.05) is 45.9 Å². The zero-order valence-electron chi connectivity index (χ0n) is 21.7. The molecule has 0 aromatic carbocycles. The van der Waals surface area contributed by atoms with Crippen LogP contribution in [0.1, 0.15) is 73.1 Å². The van der Waals surface area contributed by atoms with E-state index in [1.807, 2.05) is 31.2 Å². The second-order valence-electron chi connectivity index (χ2n) is 10.1. The van der Waals surface area contributed by atoms with Crippen molar-refractivity contribution >= 4 is 16.9 Å². The topological polar surface area (TPSA) is 76.4 Å². The van der Waals surface area contributed by atoms with Gasteiger partial charge in [0.1, 0.15) is 0 Å². The zero-order chi connectivity index (χ0) is 24.9. The Morgan fingerprint density at radius 1 is 1.14 bits per heavy atom. The summed E-state index contributed by atoms with van der Waals surface area (Å²) in [7, 11) is 0. The number of nitrogens with zero attached hydrogens (tertiary/aromatic N) is 6. The Morgan fingerprint density at radius 3 is 2.69 bits per heavy atom. The first-order valence-electron chi connectivity index (χ1n) is 13.6. The summed E-state index contributed by atoms with van der Waals surface area (Å²) in [6, 6.07) is 7.82. The summed E-state index contributed by atoms with van der Waals surface area (Å²) in [6.07, 6.45) is 8.57. The van der Waals surface area contributed by atoms with Gasteiger partial charge in [-0.2, -0.15) is 9.78 Å². The van der Waals surface area contributed by atoms with E-state index in [1.165, 1.54) is 12.8 Å². The molecule has 0 radical (unpaired) electrons. The van der Waals surface area contributed by atoms with Crippen molar-refractivity contribution in [2.45, 2.75) is 58.3 Å². The quantitative estimate of drug-likeness (QED) is 0.372. The van der Waals surface area contributed by atoms with Gasteiger partial charge in [-0.25, -0.2) is 9.97 Å². The Hall–Kier alpha value is -2.84. The number of ether oxygens (including phenoxy) is 1. The van der Waals surface area contributed by atoms with E-state index >= 15 is 0 Å². The minimum absolute atomic E-state index is 0.0951. The van der Waals surface area contributed by atoms with E-state index in [1.54, 1.807) is 10.9 Å². The van der Waals surface area contributed by atoms with E-state index in [4.69, 9.17) is 14.8 Å². The Labute approximate surface area is 213 Å². The first-order valence-corrected chi connectivity index (χ1v) is 13.6. The number of morpholine rings is 1. The summed E-state index contributed by atoms with van der Waals surface area (Å²) >= 11 is 0. The minimum Gasteiger partial charge on any atom is -0.379 e. The summed E-state index contributed by atoms with van der Waals surface area (Å²) in [5.41, 5.74) is 3.28. The molecule has 0 unspecified atom stereocenters. The molecule has 1 aliphatic heterocycles. The standard InChI is InChI=1S/C28H38N6O2/c1-3-4-5-8-13-33(15-14-32-16-18-36-19-17-32)28(35)23-20-24(22-10-11-22)30-27-26(23)21(2)31-34(27)25-9-6-7-12-29-25/h6-7,9,12,20,22H,3-5,8,10-11,13-19H2,1-2H3. The van der Waals surface area contributed by atoms with Gasteiger partial charge in [-0.3, -0.25) is 9.69 Å². The second-order valence-corrected chi connectivity index (χ2v) is 10.1. The fourth-order valence-electron chi connectivity index (χ4n) is 5.01. The highest BCUT2D eigenvalue weighted by Gasteiger charge is 2.30. The highest BCUT2D eigenvalue weighted by atomic mass is 16.5. The van der Waals surface area contributed by atoms with Crippen molar-refractivity contribution in [2.24, 2.45) is 0 Å². The van der Waals surface area contributed by atoms with Gasteiger partial charge in [0.15, 0.2) is 11.5 Å². The summed E-state index contributed by atoms with van der Waals surface area (Å²) in [5, 5.41) is 5.64. The van der Waals surface area contributed by atoms with E-state index in [2.05, 4.69) is 21.7 Å². The van der Waals surface area contributed by atoms with Gasteiger partial charge in [0, 0.05) is 50.5 Å². The SMILES string of the molecule is CCCCCCN(CCN1CCOCC1)C(=O)c1cc(C2CC2)nc2c1c(C)nn2-c1ccccn1. The molecule has 2 aliphatic rings. The summed E-state index contributed by atoms with van der Waals surface area (Å²) < 4.78 is 7.31. The van der Waals surface area contributed by atoms with Crippen molar-refractivity contribution in [3.05, 3.63) is 47.4 Å². The molecule has 2 fully saturated rings. The van der Waals surface area contributed by atoms with Crippen molar-refractivity contribution < 1.29 is 9.53 Å².